The number of rotatable bonds is 9. The molecule has 1 aliphatic heterocycles. The van der Waals surface area contributed by atoms with Gasteiger partial charge in [-0.3, -0.25) is 0 Å². The average molecular weight is 527 g/mol. The Bertz CT molecular complexity index is 1310. The predicted octanol–water partition coefficient (Wildman–Crippen LogP) is 1.57. The molecule has 1 N–H and O–H groups in total. The van der Waals surface area contributed by atoms with E-state index in [0.717, 1.165) is 59.3 Å². The molecule has 0 bridgehead atoms. The monoisotopic (exact) mass is 526 g/mol. The molecule has 194 valence electrons. The van der Waals surface area contributed by atoms with Crippen LogP contribution in [-0.2, 0) is 17.8 Å². The van der Waals surface area contributed by atoms with E-state index < -0.39 is 17.7 Å². The normalized spacial score (nSPS) is 17.9. The maximum atomic E-state index is 14.7. The number of carbonyl (C=O) groups excluding carboxylic acids is 1. The van der Waals surface area contributed by atoms with Gasteiger partial charge in [-0.2, -0.15) is 0 Å². The number of fused-ring (bicyclic) bond motifs is 1. The third-order valence-electron chi connectivity index (χ3n) is 7.66. The number of methoxy groups -OCH3 is 1. The maximum absolute atomic E-state index is 14.7. The minimum atomic E-state index is -1.01. The Labute approximate surface area is 245 Å². The van der Waals surface area contributed by atoms with Crippen molar-refractivity contribution in [1.82, 2.24) is 10.3 Å². The third-order valence-corrected chi connectivity index (χ3v) is 7.66. The van der Waals surface area contributed by atoms with Gasteiger partial charge in [0.05, 0.1) is 13.3 Å². The second-order valence-corrected chi connectivity index (χ2v) is 10.1. The second-order valence-electron chi connectivity index (χ2n) is 10.1. The van der Waals surface area contributed by atoms with Crippen LogP contribution in [0.5, 0.6) is 11.6 Å². The van der Waals surface area contributed by atoms with Gasteiger partial charge in [0, 0.05) is 30.1 Å². The van der Waals surface area contributed by atoms with Crippen LogP contribution in [0.4, 0.5) is 4.39 Å². The van der Waals surface area contributed by atoms with Gasteiger partial charge in [0.15, 0.2) is 0 Å². The van der Waals surface area contributed by atoms with Gasteiger partial charge in [0.2, 0.25) is 5.88 Å². The number of aromatic nitrogens is 1. The molecular weight excluding hydrogens is 494 g/mol. The van der Waals surface area contributed by atoms with Gasteiger partial charge in [0.25, 0.3) is 0 Å². The zero-order valence-electron chi connectivity index (χ0n) is 22.4. The minimum Gasteiger partial charge on any atom is -0.550 e. The van der Waals surface area contributed by atoms with E-state index in [2.05, 4.69) is 28.5 Å². The zero-order valence-corrected chi connectivity index (χ0v) is 24.4. The molecule has 0 amide bonds. The molecule has 3 atom stereocenters. The van der Waals surface area contributed by atoms with Gasteiger partial charge in [-0.25, -0.2) is 9.37 Å². The van der Waals surface area contributed by atoms with Gasteiger partial charge in [-0.15, -0.1) is 0 Å². The molecule has 1 fully saturated rings. The van der Waals surface area contributed by atoms with Crippen LogP contribution in [0.25, 0.3) is 11.1 Å². The van der Waals surface area contributed by atoms with Crippen molar-refractivity contribution < 1.29 is 53.3 Å². The van der Waals surface area contributed by atoms with E-state index in [1.807, 2.05) is 25.2 Å². The van der Waals surface area contributed by atoms with Crippen molar-refractivity contribution >= 4 is 5.97 Å². The number of nitrogens with zero attached hydrogens (tertiary/aromatic N) is 1. The number of hydrogen-bond donors (Lipinski definition) is 1. The second kappa shape index (κ2) is 12.2. The van der Waals surface area contributed by atoms with Crippen LogP contribution in [-0.4, -0.2) is 25.1 Å². The first-order valence-electron chi connectivity index (χ1n) is 12.9. The number of benzene rings is 2. The largest absolute Gasteiger partial charge is 1.00 e. The quantitative estimate of drug-likeness (QED) is 0.427. The van der Waals surface area contributed by atoms with E-state index in [1.165, 1.54) is 13.3 Å². The molecule has 1 saturated carbocycles. The molecule has 2 aliphatic rings. The average Bonchev–Trinajstić information content (AvgIpc) is 3.74. The van der Waals surface area contributed by atoms with Crippen LogP contribution in [0, 0.1) is 17.7 Å². The fourth-order valence-corrected chi connectivity index (χ4v) is 5.55. The van der Waals surface area contributed by atoms with Crippen LogP contribution in [0.1, 0.15) is 60.5 Å². The van der Waals surface area contributed by atoms with E-state index in [-0.39, 0.29) is 41.6 Å². The Kier molecular flexibility index (Phi) is 9.14. The van der Waals surface area contributed by atoms with E-state index >= 15 is 0 Å². The number of ether oxygens (including phenoxy) is 2. The molecule has 5 rings (SSSR count). The molecule has 2 heterocycles. The van der Waals surface area contributed by atoms with Crippen LogP contribution in [0.15, 0.2) is 48.7 Å². The van der Waals surface area contributed by atoms with Crippen molar-refractivity contribution in [3.8, 4) is 22.8 Å². The number of halogens is 1. The number of carboxylic acids is 1. The summed E-state index contributed by atoms with van der Waals surface area (Å²) in [6.07, 6.45) is 4.82. The standard InChI is InChI=1S/C30H33FN2O4.Na/c1-17(30(34)35)29(19-5-6-19)21-7-4-18-9-11-26(37-27(18)13-21)20-8-10-23(22(12-20)15-32-2)24-14-28(36-3)33-16-25(24)31;/h4,7-8,10,12-14,16-17,19,26,29,32H,5-6,9,11,15H2,1-3H3,(H,34,35);/q;+1/p-1/t17-,26-,29-;/m0./s1. The Morgan fingerprint density at radius 3 is 2.66 bits per heavy atom. The number of nitrogens with one attached hydrogen (secondary N) is 1. The Morgan fingerprint density at radius 1 is 1.18 bits per heavy atom. The number of pyridine rings is 1. The number of aliphatic carboxylic acids is 1. The van der Waals surface area contributed by atoms with Crippen LogP contribution in [0.3, 0.4) is 0 Å². The van der Waals surface area contributed by atoms with Gasteiger partial charge in [-0.1, -0.05) is 37.3 Å². The molecule has 0 radical (unpaired) electrons. The van der Waals surface area contributed by atoms with E-state index in [0.29, 0.717) is 23.9 Å². The molecule has 1 aliphatic carbocycles. The zero-order chi connectivity index (χ0) is 26.1. The van der Waals surface area contributed by atoms with Gasteiger partial charge < -0.3 is 24.7 Å². The number of aryl methyl sites for hydroxylation is 1. The van der Waals surface area contributed by atoms with Crippen LogP contribution in [0.2, 0.25) is 0 Å². The molecule has 0 unspecified atom stereocenters. The van der Waals surface area contributed by atoms with E-state index in [4.69, 9.17) is 9.47 Å². The summed E-state index contributed by atoms with van der Waals surface area (Å²) < 4.78 is 26.4. The maximum Gasteiger partial charge on any atom is 1.00 e. The first-order valence-corrected chi connectivity index (χ1v) is 12.9. The van der Waals surface area contributed by atoms with Gasteiger partial charge in [-0.05, 0) is 78.5 Å². The third kappa shape index (κ3) is 5.91. The Hall–Kier alpha value is -2.45. The summed E-state index contributed by atoms with van der Waals surface area (Å²) in [5.41, 5.74) is 5.33. The van der Waals surface area contributed by atoms with E-state index in [9.17, 15) is 14.3 Å². The number of carboxylic acid groups (broad SMARTS) is 1. The van der Waals surface area contributed by atoms with E-state index in [1.54, 1.807) is 13.0 Å². The van der Waals surface area contributed by atoms with Crippen molar-refractivity contribution in [2.75, 3.05) is 14.2 Å². The smallest absolute Gasteiger partial charge is 0.550 e. The van der Waals surface area contributed by atoms with Crippen molar-refractivity contribution in [2.24, 2.45) is 11.8 Å². The van der Waals surface area contributed by atoms with Crippen LogP contribution >= 0.6 is 0 Å². The summed E-state index contributed by atoms with van der Waals surface area (Å²) >= 11 is 0. The molecule has 2 aromatic carbocycles. The van der Waals surface area contributed by atoms with Crippen LogP contribution < -0.4 is 49.5 Å². The first-order chi connectivity index (χ1) is 17.9. The molecule has 38 heavy (non-hydrogen) atoms. The molecule has 1 aromatic heterocycles. The summed E-state index contributed by atoms with van der Waals surface area (Å²) in [4.78, 5) is 15.6. The molecule has 0 spiro atoms. The molecule has 3 aromatic rings. The summed E-state index contributed by atoms with van der Waals surface area (Å²) in [7, 11) is 3.37. The molecule has 6 nitrogen and oxygen atoms in total. The fourth-order valence-electron chi connectivity index (χ4n) is 5.55. The number of carbonyl (C=O) groups is 1. The Morgan fingerprint density at radius 2 is 1.97 bits per heavy atom. The summed E-state index contributed by atoms with van der Waals surface area (Å²) in [6, 6.07) is 13.8. The summed E-state index contributed by atoms with van der Waals surface area (Å²) in [5.74, 6) is -0.465. The topological polar surface area (TPSA) is 83.5 Å². The first kappa shape index (κ1) is 28.6. The van der Waals surface area contributed by atoms with Crippen molar-refractivity contribution in [3.05, 3.63) is 76.7 Å². The SMILES string of the molecule is CNCc1cc([C@@H]2CCc3ccc([C@H](C4CC4)[C@H](C)C(=O)[O-])cc3O2)ccc1-c1cc(OC)ncc1F.[Na+]. The summed E-state index contributed by atoms with van der Waals surface area (Å²) in [5, 5.41) is 14.8. The summed E-state index contributed by atoms with van der Waals surface area (Å²) in [6.45, 7) is 2.30. The van der Waals surface area contributed by atoms with Crippen molar-refractivity contribution in [3.63, 3.8) is 0 Å². The fraction of sp³-hybridized carbons (Fsp3) is 0.400. The predicted molar refractivity (Wildman–Crippen MR) is 137 cm³/mol. The number of hydrogen-bond acceptors (Lipinski definition) is 6. The Balaban J connectivity index is 0.00000336. The molecule has 0 saturated heterocycles. The van der Waals surface area contributed by atoms with Gasteiger partial charge in [0.1, 0.15) is 17.7 Å². The van der Waals surface area contributed by atoms with Crippen molar-refractivity contribution in [1.29, 1.82) is 0 Å². The van der Waals surface area contributed by atoms with Gasteiger partial charge >= 0.3 is 29.6 Å². The molecular formula is C30H32FN2NaO4. The molecule has 8 heteroatoms. The minimum absolute atomic E-state index is 0. The van der Waals surface area contributed by atoms with Crippen molar-refractivity contribution in [2.45, 2.75) is 51.2 Å².